The molecule has 0 aromatic heterocycles. The minimum Gasteiger partial charge on any atom is -0.396 e. The average Bonchev–Trinajstić information content (AvgIpc) is 2.67. The lowest BCUT2D eigenvalue weighted by atomic mass is 9.58. The molecule has 1 N–H and O–H groups in total. The maximum absolute atomic E-state index is 9.34. The minimum atomic E-state index is 0.317. The van der Waals surface area contributed by atoms with Crippen molar-refractivity contribution in [2.24, 2.45) is 17.8 Å². The molecule has 1 heterocycles. The van der Waals surface area contributed by atoms with Crippen LogP contribution in [0.4, 0.5) is 0 Å². The number of hydrogen-bond donors (Lipinski definition) is 1. The second-order valence-corrected chi connectivity index (χ2v) is 9.42. The standard InChI is InChI=1S/C24H39NO/c1-19(2)21-13-14-24(3,20-10-5-4-6-11-20)18-22(21)23-12-7-8-15-25(23)16-9-17-26/h4-6,10-11,19,21-23,26H,7-9,12-18H2,1-3H3. The van der Waals surface area contributed by atoms with Crippen LogP contribution in [-0.2, 0) is 5.41 Å². The Kier molecular flexibility index (Phi) is 6.80. The Labute approximate surface area is 161 Å². The van der Waals surface area contributed by atoms with Crippen LogP contribution in [0.5, 0.6) is 0 Å². The normalized spacial score (nSPS) is 33.5. The fourth-order valence-corrected chi connectivity index (χ4v) is 5.88. The maximum atomic E-state index is 9.34. The van der Waals surface area contributed by atoms with Crippen molar-refractivity contribution < 1.29 is 5.11 Å². The zero-order valence-electron chi connectivity index (χ0n) is 17.2. The van der Waals surface area contributed by atoms with Gasteiger partial charge in [0, 0.05) is 19.2 Å². The second-order valence-electron chi connectivity index (χ2n) is 9.42. The molecule has 2 heteroatoms. The maximum Gasteiger partial charge on any atom is 0.0443 e. The van der Waals surface area contributed by atoms with E-state index in [0.717, 1.165) is 30.7 Å². The lowest BCUT2D eigenvalue weighted by molar-refractivity contribution is 0.0111. The van der Waals surface area contributed by atoms with Gasteiger partial charge in [-0.1, -0.05) is 57.5 Å². The highest BCUT2D eigenvalue weighted by atomic mass is 16.3. The highest BCUT2D eigenvalue weighted by Crippen LogP contribution is 2.49. The van der Waals surface area contributed by atoms with E-state index < -0.39 is 0 Å². The van der Waals surface area contributed by atoms with E-state index in [2.05, 4.69) is 56.0 Å². The second kappa shape index (κ2) is 8.89. The molecular formula is C24H39NO. The Balaban J connectivity index is 1.84. The van der Waals surface area contributed by atoms with Crippen molar-refractivity contribution in [3.05, 3.63) is 35.9 Å². The first-order valence-electron chi connectivity index (χ1n) is 11.0. The van der Waals surface area contributed by atoms with Crippen LogP contribution in [-0.4, -0.2) is 35.7 Å². The Hall–Kier alpha value is -0.860. The van der Waals surface area contributed by atoms with Crippen molar-refractivity contribution >= 4 is 0 Å². The summed E-state index contributed by atoms with van der Waals surface area (Å²) in [6.45, 7) is 10.0. The third kappa shape index (κ3) is 4.34. The predicted molar refractivity (Wildman–Crippen MR) is 110 cm³/mol. The van der Waals surface area contributed by atoms with Crippen molar-refractivity contribution in [3.63, 3.8) is 0 Å². The summed E-state index contributed by atoms with van der Waals surface area (Å²) in [6, 6.07) is 12.0. The third-order valence-corrected chi connectivity index (χ3v) is 7.35. The molecule has 146 valence electrons. The number of piperidine rings is 1. The predicted octanol–water partition coefficient (Wildman–Crippen LogP) is 5.25. The molecule has 1 aromatic rings. The Morgan fingerprint density at radius 1 is 1.15 bits per heavy atom. The summed E-state index contributed by atoms with van der Waals surface area (Å²) in [5.74, 6) is 2.39. The molecule has 0 bridgehead atoms. The van der Waals surface area contributed by atoms with Gasteiger partial charge >= 0.3 is 0 Å². The molecule has 1 aliphatic carbocycles. The van der Waals surface area contributed by atoms with Gasteiger partial charge < -0.3 is 10.0 Å². The third-order valence-electron chi connectivity index (χ3n) is 7.35. The van der Waals surface area contributed by atoms with Crippen LogP contribution in [0.25, 0.3) is 0 Å². The van der Waals surface area contributed by atoms with E-state index in [0.29, 0.717) is 18.1 Å². The summed E-state index contributed by atoms with van der Waals surface area (Å²) < 4.78 is 0. The molecule has 2 nitrogen and oxygen atoms in total. The lowest BCUT2D eigenvalue weighted by Gasteiger charge is -2.51. The van der Waals surface area contributed by atoms with Gasteiger partial charge in [-0.15, -0.1) is 0 Å². The number of nitrogens with zero attached hydrogens (tertiary/aromatic N) is 1. The van der Waals surface area contributed by atoms with Gasteiger partial charge in [-0.25, -0.2) is 0 Å². The molecular weight excluding hydrogens is 318 g/mol. The largest absolute Gasteiger partial charge is 0.396 e. The monoisotopic (exact) mass is 357 g/mol. The van der Waals surface area contributed by atoms with Gasteiger partial charge in [-0.05, 0) is 73.8 Å². The summed E-state index contributed by atoms with van der Waals surface area (Å²) >= 11 is 0. The summed E-state index contributed by atoms with van der Waals surface area (Å²) in [7, 11) is 0. The molecule has 2 aliphatic rings. The van der Waals surface area contributed by atoms with Crippen LogP contribution in [0.15, 0.2) is 30.3 Å². The highest BCUT2D eigenvalue weighted by Gasteiger charge is 2.44. The number of aliphatic hydroxyl groups is 1. The van der Waals surface area contributed by atoms with Crippen LogP contribution < -0.4 is 0 Å². The van der Waals surface area contributed by atoms with Gasteiger partial charge in [0.25, 0.3) is 0 Å². The van der Waals surface area contributed by atoms with Crippen molar-refractivity contribution in [1.29, 1.82) is 0 Å². The van der Waals surface area contributed by atoms with Crippen LogP contribution >= 0.6 is 0 Å². The van der Waals surface area contributed by atoms with Crippen LogP contribution in [0.3, 0.4) is 0 Å². The number of aliphatic hydroxyl groups excluding tert-OH is 1. The zero-order chi connectivity index (χ0) is 18.6. The van der Waals surface area contributed by atoms with Crippen molar-refractivity contribution in [1.82, 2.24) is 4.90 Å². The number of likely N-dealkylation sites (tertiary alicyclic amines) is 1. The molecule has 1 aliphatic heterocycles. The zero-order valence-corrected chi connectivity index (χ0v) is 17.2. The van der Waals surface area contributed by atoms with E-state index >= 15 is 0 Å². The summed E-state index contributed by atoms with van der Waals surface area (Å²) in [5.41, 5.74) is 1.85. The Morgan fingerprint density at radius 2 is 1.92 bits per heavy atom. The molecule has 2 fully saturated rings. The fraction of sp³-hybridized carbons (Fsp3) is 0.750. The SMILES string of the molecule is CC(C)C1CCC(C)(c2ccccc2)CC1C1CCCCN1CCCO. The molecule has 26 heavy (non-hydrogen) atoms. The van der Waals surface area contributed by atoms with Gasteiger partial charge in [0.05, 0.1) is 0 Å². The number of benzene rings is 1. The van der Waals surface area contributed by atoms with E-state index in [9.17, 15) is 5.11 Å². The van der Waals surface area contributed by atoms with E-state index in [1.165, 1.54) is 50.6 Å². The van der Waals surface area contributed by atoms with Crippen LogP contribution in [0.1, 0.15) is 71.3 Å². The molecule has 4 unspecified atom stereocenters. The molecule has 1 aromatic carbocycles. The van der Waals surface area contributed by atoms with E-state index in [1.54, 1.807) is 0 Å². The molecule has 0 amide bonds. The van der Waals surface area contributed by atoms with Crippen LogP contribution in [0.2, 0.25) is 0 Å². The fourth-order valence-electron chi connectivity index (χ4n) is 5.88. The highest BCUT2D eigenvalue weighted by molar-refractivity contribution is 5.25. The first-order valence-corrected chi connectivity index (χ1v) is 11.0. The van der Waals surface area contributed by atoms with Crippen molar-refractivity contribution in [2.75, 3.05) is 19.7 Å². The smallest absolute Gasteiger partial charge is 0.0443 e. The summed E-state index contributed by atoms with van der Waals surface area (Å²) in [5, 5.41) is 9.34. The van der Waals surface area contributed by atoms with Crippen LogP contribution in [0, 0.1) is 17.8 Å². The minimum absolute atomic E-state index is 0.317. The quantitative estimate of drug-likeness (QED) is 0.751. The first-order chi connectivity index (χ1) is 12.5. The van der Waals surface area contributed by atoms with Gasteiger partial charge in [0.1, 0.15) is 0 Å². The lowest BCUT2D eigenvalue weighted by Crippen LogP contribution is -2.51. The molecule has 4 atom stereocenters. The summed E-state index contributed by atoms with van der Waals surface area (Å²) in [4.78, 5) is 2.73. The van der Waals surface area contributed by atoms with Crippen molar-refractivity contribution in [2.45, 2.75) is 77.2 Å². The first kappa shape index (κ1) is 19.9. The molecule has 0 radical (unpaired) electrons. The summed E-state index contributed by atoms with van der Waals surface area (Å²) in [6.07, 6.45) is 8.98. The van der Waals surface area contributed by atoms with Gasteiger partial charge in [0.2, 0.25) is 0 Å². The Bertz CT molecular complexity index is 542. The van der Waals surface area contributed by atoms with E-state index in [-0.39, 0.29) is 0 Å². The van der Waals surface area contributed by atoms with Crippen molar-refractivity contribution in [3.8, 4) is 0 Å². The Morgan fingerprint density at radius 3 is 2.62 bits per heavy atom. The van der Waals surface area contributed by atoms with Gasteiger partial charge in [0.15, 0.2) is 0 Å². The average molecular weight is 358 g/mol. The molecule has 1 saturated carbocycles. The molecule has 0 spiro atoms. The van der Waals surface area contributed by atoms with E-state index in [1.807, 2.05) is 0 Å². The van der Waals surface area contributed by atoms with Gasteiger partial charge in [-0.3, -0.25) is 0 Å². The molecule has 1 saturated heterocycles. The van der Waals surface area contributed by atoms with Gasteiger partial charge in [-0.2, -0.15) is 0 Å². The van der Waals surface area contributed by atoms with E-state index in [4.69, 9.17) is 0 Å². The topological polar surface area (TPSA) is 23.5 Å². The number of hydrogen-bond acceptors (Lipinski definition) is 2. The molecule has 3 rings (SSSR count). The number of rotatable bonds is 6.